The summed E-state index contributed by atoms with van der Waals surface area (Å²) in [6, 6.07) is 15.0. The number of nitrogens with zero attached hydrogens (tertiary/aromatic N) is 3. The van der Waals surface area contributed by atoms with Gasteiger partial charge in [-0.2, -0.15) is 5.26 Å². The molecule has 3 aromatic rings. The smallest absolute Gasteiger partial charge is 0.259 e. The third kappa shape index (κ3) is 3.18. The van der Waals surface area contributed by atoms with Gasteiger partial charge in [-0.05, 0) is 30.7 Å². The SMILES string of the molecule is COc1ccccc1Cn1c(C)cc2c(c1=O)[C@@H](c1ccncc1)C(C#N)=C(N)O2. The highest BCUT2D eigenvalue weighted by atomic mass is 16.5. The normalized spacial score (nSPS) is 15.2. The third-order valence-electron chi connectivity index (χ3n) is 5.25. The second-order valence-corrected chi connectivity index (χ2v) is 6.97. The summed E-state index contributed by atoms with van der Waals surface area (Å²) in [4.78, 5) is 17.7. The number of rotatable bonds is 4. The molecule has 1 aliphatic rings. The van der Waals surface area contributed by atoms with Crippen molar-refractivity contribution >= 4 is 0 Å². The average Bonchev–Trinajstić information content (AvgIpc) is 2.76. The zero-order valence-electron chi connectivity index (χ0n) is 16.6. The monoisotopic (exact) mass is 400 g/mol. The molecule has 0 saturated heterocycles. The lowest BCUT2D eigenvalue weighted by Crippen LogP contribution is -2.33. The predicted molar refractivity (Wildman–Crippen MR) is 111 cm³/mol. The lowest BCUT2D eigenvalue weighted by molar-refractivity contribution is 0.388. The number of ether oxygens (including phenoxy) is 2. The van der Waals surface area contributed by atoms with Gasteiger partial charge in [-0.3, -0.25) is 9.78 Å². The summed E-state index contributed by atoms with van der Waals surface area (Å²) >= 11 is 0. The molecule has 3 heterocycles. The maximum Gasteiger partial charge on any atom is 0.259 e. The quantitative estimate of drug-likeness (QED) is 0.722. The molecule has 0 unspecified atom stereocenters. The highest BCUT2D eigenvalue weighted by Gasteiger charge is 2.34. The van der Waals surface area contributed by atoms with Crippen LogP contribution in [0, 0.1) is 18.3 Å². The van der Waals surface area contributed by atoms with Gasteiger partial charge >= 0.3 is 0 Å². The zero-order chi connectivity index (χ0) is 21.3. The minimum atomic E-state index is -0.626. The maximum absolute atomic E-state index is 13.6. The van der Waals surface area contributed by atoms with Gasteiger partial charge in [-0.15, -0.1) is 0 Å². The van der Waals surface area contributed by atoms with Crippen molar-refractivity contribution in [2.75, 3.05) is 7.11 Å². The molecule has 150 valence electrons. The highest BCUT2D eigenvalue weighted by molar-refractivity contribution is 5.55. The largest absolute Gasteiger partial charge is 0.496 e. The van der Waals surface area contributed by atoms with Crippen molar-refractivity contribution < 1.29 is 9.47 Å². The molecule has 4 rings (SSSR count). The summed E-state index contributed by atoms with van der Waals surface area (Å²) in [5, 5.41) is 9.73. The molecule has 7 nitrogen and oxygen atoms in total. The van der Waals surface area contributed by atoms with Crippen molar-refractivity contribution in [3.8, 4) is 17.6 Å². The third-order valence-corrected chi connectivity index (χ3v) is 5.25. The Morgan fingerprint density at radius 1 is 1.27 bits per heavy atom. The summed E-state index contributed by atoms with van der Waals surface area (Å²) < 4.78 is 12.8. The minimum Gasteiger partial charge on any atom is -0.496 e. The van der Waals surface area contributed by atoms with Crippen LogP contribution in [0.15, 0.2) is 71.1 Å². The molecule has 1 aliphatic heterocycles. The van der Waals surface area contributed by atoms with Crippen LogP contribution in [0.4, 0.5) is 0 Å². The van der Waals surface area contributed by atoms with E-state index in [0.29, 0.717) is 29.3 Å². The van der Waals surface area contributed by atoms with Gasteiger partial charge in [0.1, 0.15) is 23.1 Å². The van der Waals surface area contributed by atoms with E-state index in [9.17, 15) is 10.1 Å². The molecule has 1 atom stereocenters. The molecule has 0 saturated carbocycles. The Balaban J connectivity index is 1.92. The summed E-state index contributed by atoms with van der Waals surface area (Å²) in [7, 11) is 1.60. The van der Waals surface area contributed by atoms with Gasteiger partial charge in [0.15, 0.2) is 0 Å². The Hall–Kier alpha value is -4.05. The number of fused-ring (bicyclic) bond motifs is 1. The van der Waals surface area contributed by atoms with Crippen LogP contribution >= 0.6 is 0 Å². The fraction of sp³-hybridized carbons (Fsp3) is 0.174. The Morgan fingerprint density at radius 3 is 2.70 bits per heavy atom. The lowest BCUT2D eigenvalue weighted by Gasteiger charge is -2.27. The van der Waals surface area contributed by atoms with Gasteiger partial charge in [0.25, 0.3) is 5.56 Å². The molecule has 0 amide bonds. The second kappa shape index (κ2) is 7.76. The summed E-state index contributed by atoms with van der Waals surface area (Å²) in [5.74, 6) is 0.448. The number of benzene rings is 1. The van der Waals surface area contributed by atoms with E-state index in [1.807, 2.05) is 31.2 Å². The summed E-state index contributed by atoms with van der Waals surface area (Å²) in [6.07, 6.45) is 3.24. The first-order chi connectivity index (χ1) is 14.5. The molecule has 7 heteroatoms. The number of nitriles is 1. The number of hydrogen-bond donors (Lipinski definition) is 1. The van der Waals surface area contributed by atoms with Gasteiger partial charge < -0.3 is 19.8 Å². The van der Waals surface area contributed by atoms with Crippen LogP contribution in [0.2, 0.25) is 0 Å². The molecular weight excluding hydrogens is 380 g/mol. The van der Waals surface area contributed by atoms with Crippen LogP contribution < -0.4 is 20.8 Å². The highest BCUT2D eigenvalue weighted by Crippen LogP contribution is 2.40. The Morgan fingerprint density at radius 2 is 2.00 bits per heavy atom. The first kappa shape index (κ1) is 19.3. The van der Waals surface area contributed by atoms with Crippen LogP contribution in [0.25, 0.3) is 0 Å². The number of methoxy groups -OCH3 is 1. The van der Waals surface area contributed by atoms with Crippen molar-refractivity contribution in [1.82, 2.24) is 9.55 Å². The standard InChI is InChI=1S/C23H20N4O3/c1-14-11-19-21(23(28)27(14)13-16-5-3-4-6-18(16)29-2)20(15-7-9-26-10-8-15)17(12-24)22(25)30-19/h3-11,20H,13,25H2,1-2H3/t20-/m0/s1. The van der Waals surface area contributed by atoms with E-state index in [0.717, 1.165) is 11.1 Å². The van der Waals surface area contributed by atoms with Gasteiger partial charge in [0.05, 0.1) is 25.1 Å². The number of allylic oxidation sites excluding steroid dienone is 1. The van der Waals surface area contributed by atoms with Crippen LogP contribution in [-0.4, -0.2) is 16.7 Å². The van der Waals surface area contributed by atoms with E-state index in [-0.39, 0.29) is 17.0 Å². The van der Waals surface area contributed by atoms with Crippen molar-refractivity contribution in [3.63, 3.8) is 0 Å². The lowest BCUT2D eigenvalue weighted by atomic mass is 9.84. The Bertz CT molecular complexity index is 1240. The molecule has 0 fully saturated rings. The van der Waals surface area contributed by atoms with Crippen LogP contribution in [0.3, 0.4) is 0 Å². The van der Waals surface area contributed by atoms with Gasteiger partial charge in [0.2, 0.25) is 5.88 Å². The van der Waals surface area contributed by atoms with Crippen molar-refractivity contribution in [1.29, 1.82) is 5.26 Å². The van der Waals surface area contributed by atoms with E-state index in [2.05, 4.69) is 11.1 Å². The molecule has 2 N–H and O–H groups in total. The number of aryl methyl sites for hydroxylation is 1. The van der Waals surface area contributed by atoms with Crippen LogP contribution in [0.5, 0.6) is 11.5 Å². The van der Waals surface area contributed by atoms with Crippen LogP contribution in [-0.2, 0) is 6.54 Å². The van der Waals surface area contributed by atoms with E-state index < -0.39 is 5.92 Å². The van der Waals surface area contributed by atoms with Gasteiger partial charge in [-0.1, -0.05) is 18.2 Å². The average molecular weight is 400 g/mol. The zero-order valence-corrected chi connectivity index (χ0v) is 16.6. The van der Waals surface area contributed by atoms with E-state index in [4.69, 9.17) is 15.2 Å². The van der Waals surface area contributed by atoms with Crippen LogP contribution in [0.1, 0.15) is 28.3 Å². The Labute approximate surface area is 173 Å². The molecular formula is C23H20N4O3. The summed E-state index contributed by atoms with van der Waals surface area (Å²) in [6.45, 7) is 2.16. The maximum atomic E-state index is 13.6. The number of pyridine rings is 2. The van der Waals surface area contributed by atoms with Gasteiger partial charge in [0, 0.05) is 29.7 Å². The van der Waals surface area contributed by atoms with E-state index in [1.54, 1.807) is 42.3 Å². The number of aromatic nitrogens is 2. The molecule has 30 heavy (non-hydrogen) atoms. The fourth-order valence-corrected chi connectivity index (χ4v) is 3.78. The van der Waals surface area contributed by atoms with Crippen molar-refractivity contribution in [2.24, 2.45) is 5.73 Å². The summed E-state index contributed by atoms with van der Waals surface area (Å²) in [5.41, 5.74) is 8.71. The fourth-order valence-electron chi connectivity index (χ4n) is 3.78. The second-order valence-electron chi connectivity index (χ2n) is 6.97. The number of nitrogens with two attached hydrogens (primary N) is 1. The number of para-hydroxylation sites is 1. The first-order valence-corrected chi connectivity index (χ1v) is 9.39. The van der Waals surface area contributed by atoms with Gasteiger partial charge in [-0.25, -0.2) is 0 Å². The van der Waals surface area contributed by atoms with E-state index in [1.165, 1.54) is 0 Å². The van der Waals surface area contributed by atoms with E-state index >= 15 is 0 Å². The minimum absolute atomic E-state index is 0.00749. The van der Waals surface area contributed by atoms with Crippen molar-refractivity contribution in [2.45, 2.75) is 19.4 Å². The topological polar surface area (TPSA) is 103 Å². The molecule has 0 bridgehead atoms. The Kier molecular flexibility index (Phi) is 4.98. The van der Waals surface area contributed by atoms with Crippen molar-refractivity contribution in [3.05, 3.63) is 99.1 Å². The molecule has 2 aromatic heterocycles. The molecule has 1 aromatic carbocycles. The molecule has 0 radical (unpaired) electrons. The first-order valence-electron chi connectivity index (χ1n) is 9.39. The predicted octanol–water partition coefficient (Wildman–Crippen LogP) is 2.83. The molecule has 0 spiro atoms. The number of hydrogen-bond acceptors (Lipinski definition) is 6. The molecule has 0 aliphatic carbocycles.